The Kier molecular flexibility index (Phi) is 9.49. The molecule has 0 bridgehead atoms. The number of nitrogens with zero attached hydrogens (tertiary/aromatic N) is 4. The fraction of sp³-hybridized carbons (Fsp3) is 0.577. The number of carbonyl (C=O) groups is 1. The van der Waals surface area contributed by atoms with Crippen LogP contribution in [0, 0.1) is 29.4 Å². The van der Waals surface area contributed by atoms with Gasteiger partial charge in [-0.3, -0.25) is 9.69 Å². The number of amides is 1. The Morgan fingerprint density at radius 2 is 1.61 bits per heavy atom. The Morgan fingerprint density at radius 1 is 1.03 bits per heavy atom. The molecule has 10 heteroatoms. The lowest BCUT2D eigenvalue weighted by Crippen LogP contribution is -2.57. The standard InChI is InChI=1S/C26H34F2N4O2.2ClH/c1-16-11-31(12-17(2)26(16,34)18-9-29-15-30-10-18)24(33)22-14-32(25(3,4)5)13-21(22)20-7-6-19(27)8-23(20)28;;/h6-10,15-17,21-22,34H,11-14H2,1-5H3;2*1H/t16-,17+,21-,22+,26?;;/m0../s1. The molecule has 1 aromatic heterocycles. The second kappa shape index (κ2) is 11.3. The van der Waals surface area contributed by atoms with E-state index >= 15 is 0 Å². The Labute approximate surface area is 224 Å². The molecule has 2 aliphatic rings. The highest BCUT2D eigenvalue weighted by atomic mass is 35.5. The van der Waals surface area contributed by atoms with E-state index in [1.807, 2.05) is 13.8 Å². The Bertz CT molecular complexity index is 1040. The van der Waals surface area contributed by atoms with Gasteiger partial charge in [0.15, 0.2) is 0 Å². The highest BCUT2D eigenvalue weighted by Gasteiger charge is 2.50. The zero-order chi connectivity index (χ0) is 24.8. The third kappa shape index (κ3) is 5.52. The lowest BCUT2D eigenvalue weighted by molar-refractivity contribution is -0.152. The summed E-state index contributed by atoms with van der Waals surface area (Å²) >= 11 is 0. The van der Waals surface area contributed by atoms with Crippen molar-refractivity contribution < 1.29 is 18.7 Å². The molecule has 0 saturated carbocycles. The van der Waals surface area contributed by atoms with Crippen LogP contribution in [0.25, 0.3) is 0 Å². The molecule has 0 aliphatic carbocycles. The topological polar surface area (TPSA) is 69.6 Å². The van der Waals surface area contributed by atoms with Gasteiger partial charge in [-0.05, 0) is 32.4 Å². The van der Waals surface area contributed by atoms with Gasteiger partial charge >= 0.3 is 0 Å². The molecule has 1 aromatic carbocycles. The number of hydrogen-bond acceptors (Lipinski definition) is 5. The average molecular weight is 546 g/mol. The number of halogens is 4. The molecule has 0 spiro atoms. The first kappa shape index (κ1) is 30.4. The quantitative estimate of drug-likeness (QED) is 0.619. The fourth-order valence-corrected chi connectivity index (χ4v) is 5.71. The van der Waals surface area contributed by atoms with Crippen molar-refractivity contribution in [2.75, 3.05) is 26.2 Å². The van der Waals surface area contributed by atoms with E-state index in [4.69, 9.17) is 0 Å². The van der Waals surface area contributed by atoms with Gasteiger partial charge in [0.1, 0.15) is 23.6 Å². The van der Waals surface area contributed by atoms with Crippen LogP contribution in [0.15, 0.2) is 36.9 Å². The first-order chi connectivity index (χ1) is 15.9. The molecule has 1 N–H and O–H groups in total. The number of likely N-dealkylation sites (tertiary alicyclic amines) is 2. The third-order valence-corrected chi connectivity index (χ3v) is 7.77. The first-order valence-electron chi connectivity index (χ1n) is 11.9. The number of aromatic nitrogens is 2. The van der Waals surface area contributed by atoms with Crippen molar-refractivity contribution in [2.45, 2.75) is 51.7 Å². The Balaban J connectivity index is 0.00000228. The smallest absolute Gasteiger partial charge is 0.227 e. The summed E-state index contributed by atoms with van der Waals surface area (Å²) in [6.45, 7) is 11.8. The molecule has 36 heavy (non-hydrogen) atoms. The van der Waals surface area contributed by atoms with E-state index in [9.17, 15) is 18.7 Å². The van der Waals surface area contributed by atoms with Crippen LogP contribution in [0.3, 0.4) is 0 Å². The fourth-order valence-electron chi connectivity index (χ4n) is 5.71. The van der Waals surface area contributed by atoms with Gasteiger partial charge in [-0.2, -0.15) is 0 Å². The van der Waals surface area contributed by atoms with Crippen LogP contribution < -0.4 is 0 Å². The summed E-state index contributed by atoms with van der Waals surface area (Å²) < 4.78 is 28.4. The number of hydrogen-bond donors (Lipinski definition) is 1. The molecule has 2 aromatic rings. The van der Waals surface area contributed by atoms with Gasteiger partial charge in [0.2, 0.25) is 5.91 Å². The zero-order valence-electron chi connectivity index (χ0n) is 21.3. The molecule has 2 aliphatic heterocycles. The second-order valence-corrected chi connectivity index (χ2v) is 11.0. The van der Waals surface area contributed by atoms with Crippen molar-refractivity contribution >= 4 is 30.7 Å². The van der Waals surface area contributed by atoms with Crippen LogP contribution in [0.4, 0.5) is 8.78 Å². The maximum absolute atomic E-state index is 14.8. The van der Waals surface area contributed by atoms with Crippen molar-refractivity contribution in [3.63, 3.8) is 0 Å². The number of piperidine rings is 1. The van der Waals surface area contributed by atoms with Gasteiger partial charge in [0.25, 0.3) is 0 Å². The molecular weight excluding hydrogens is 509 g/mol. The molecule has 1 amide bonds. The maximum Gasteiger partial charge on any atom is 0.227 e. The molecule has 200 valence electrons. The number of benzene rings is 1. The molecule has 4 rings (SSSR count). The van der Waals surface area contributed by atoms with E-state index in [1.165, 1.54) is 18.5 Å². The normalized spacial score (nSPS) is 28.8. The van der Waals surface area contributed by atoms with Crippen molar-refractivity contribution in [3.05, 3.63) is 59.7 Å². The molecule has 2 fully saturated rings. The number of aliphatic hydroxyl groups is 1. The van der Waals surface area contributed by atoms with E-state index in [-0.39, 0.29) is 54.0 Å². The van der Waals surface area contributed by atoms with Gasteiger partial charge in [0, 0.05) is 73.5 Å². The van der Waals surface area contributed by atoms with Crippen molar-refractivity contribution in [1.29, 1.82) is 0 Å². The lowest BCUT2D eigenvalue weighted by Gasteiger charge is -2.48. The molecule has 5 atom stereocenters. The Morgan fingerprint density at radius 3 is 2.14 bits per heavy atom. The molecule has 0 radical (unpaired) electrons. The predicted octanol–water partition coefficient (Wildman–Crippen LogP) is 4.41. The summed E-state index contributed by atoms with van der Waals surface area (Å²) in [7, 11) is 0. The van der Waals surface area contributed by atoms with Gasteiger partial charge in [0.05, 0.1) is 5.92 Å². The molecule has 2 saturated heterocycles. The average Bonchev–Trinajstić information content (AvgIpc) is 3.23. The molecular formula is C26H36Cl2F2N4O2. The Hall–Kier alpha value is -1.87. The molecule has 1 unspecified atom stereocenters. The van der Waals surface area contributed by atoms with Gasteiger partial charge < -0.3 is 10.0 Å². The highest BCUT2D eigenvalue weighted by molar-refractivity contribution is 5.85. The number of rotatable bonds is 3. The van der Waals surface area contributed by atoms with Gasteiger partial charge in [-0.25, -0.2) is 18.7 Å². The van der Waals surface area contributed by atoms with E-state index < -0.39 is 23.2 Å². The van der Waals surface area contributed by atoms with Crippen LogP contribution in [0.2, 0.25) is 0 Å². The van der Waals surface area contributed by atoms with Crippen LogP contribution in [0.5, 0.6) is 0 Å². The molecule has 3 heterocycles. The summed E-state index contributed by atoms with van der Waals surface area (Å²) in [5, 5.41) is 11.6. The highest BCUT2D eigenvalue weighted by Crippen LogP contribution is 2.43. The second-order valence-electron chi connectivity index (χ2n) is 11.0. The maximum atomic E-state index is 14.8. The largest absolute Gasteiger partial charge is 0.384 e. The van der Waals surface area contributed by atoms with Gasteiger partial charge in [-0.1, -0.05) is 19.9 Å². The summed E-state index contributed by atoms with van der Waals surface area (Å²) in [6, 6.07) is 3.62. The van der Waals surface area contributed by atoms with Crippen LogP contribution in [-0.2, 0) is 10.4 Å². The van der Waals surface area contributed by atoms with E-state index in [0.29, 0.717) is 37.3 Å². The number of carbonyl (C=O) groups excluding carboxylic acids is 1. The third-order valence-electron chi connectivity index (χ3n) is 7.77. The minimum Gasteiger partial charge on any atom is -0.384 e. The van der Waals surface area contributed by atoms with Crippen LogP contribution >= 0.6 is 24.8 Å². The SMILES string of the molecule is C[C@@H]1CN(C(=O)[C@@H]2CN(C(C)(C)C)C[C@H]2c2ccc(F)cc2F)C[C@H](C)C1(O)c1cncnc1.Cl.Cl. The van der Waals surface area contributed by atoms with Crippen molar-refractivity contribution in [1.82, 2.24) is 19.8 Å². The summed E-state index contributed by atoms with van der Waals surface area (Å²) in [5.74, 6) is -2.61. The van der Waals surface area contributed by atoms with E-state index in [2.05, 4.69) is 35.6 Å². The van der Waals surface area contributed by atoms with Gasteiger partial charge in [-0.15, -0.1) is 24.8 Å². The van der Waals surface area contributed by atoms with Crippen molar-refractivity contribution in [3.8, 4) is 0 Å². The lowest BCUT2D eigenvalue weighted by atomic mass is 9.71. The molecule has 6 nitrogen and oxygen atoms in total. The zero-order valence-corrected chi connectivity index (χ0v) is 23.0. The summed E-state index contributed by atoms with van der Waals surface area (Å²) in [4.78, 5) is 26.0. The van der Waals surface area contributed by atoms with E-state index in [1.54, 1.807) is 17.3 Å². The minimum atomic E-state index is -1.15. The van der Waals surface area contributed by atoms with Crippen LogP contribution in [0.1, 0.15) is 51.7 Å². The van der Waals surface area contributed by atoms with E-state index in [0.717, 1.165) is 6.07 Å². The monoisotopic (exact) mass is 544 g/mol. The summed E-state index contributed by atoms with van der Waals surface area (Å²) in [6.07, 6.45) is 4.68. The predicted molar refractivity (Wildman–Crippen MR) is 139 cm³/mol. The first-order valence-corrected chi connectivity index (χ1v) is 11.9. The minimum absolute atomic E-state index is 0. The summed E-state index contributed by atoms with van der Waals surface area (Å²) in [5.41, 5.74) is -0.316. The van der Waals surface area contributed by atoms with Crippen molar-refractivity contribution in [2.24, 2.45) is 17.8 Å². The van der Waals surface area contributed by atoms with Crippen LogP contribution in [-0.4, -0.2) is 62.5 Å².